The lowest BCUT2D eigenvalue weighted by molar-refractivity contribution is -0.161. The summed E-state index contributed by atoms with van der Waals surface area (Å²) in [6, 6.07) is 0. The summed E-state index contributed by atoms with van der Waals surface area (Å²) < 4.78 is 68.4. The number of unbranched alkanes of at least 4 members (excludes halogenated alkanes) is 46. The molecule has 0 radical (unpaired) electrons. The van der Waals surface area contributed by atoms with E-state index >= 15 is 0 Å². The molecule has 0 fully saturated rings. The maximum atomic E-state index is 13.1. The average molecular weight is 1410 g/mol. The summed E-state index contributed by atoms with van der Waals surface area (Å²) >= 11 is 0. The highest BCUT2D eigenvalue weighted by Gasteiger charge is 2.30. The van der Waals surface area contributed by atoms with Crippen LogP contribution in [0.4, 0.5) is 0 Å². The highest BCUT2D eigenvalue weighted by molar-refractivity contribution is 7.47. The van der Waals surface area contributed by atoms with E-state index in [1.54, 1.807) is 0 Å². The molecule has 0 saturated carbocycles. The van der Waals surface area contributed by atoms with E-state index in [1.165, 1.54) is 205 Å². The van der Waals surface area contributed by atoms with Crippen LogP contribution in [0.25, 0.3) is 0 Å². The van der Waals surface area contributed by atoms with Crippen LogP contribution in [0.5, 0.6) is 0 Å². The first kappa shape index (κ1) is 94.1. The van der Waals surface area contributed by atoms with Gasteiger partial charge in [-0.25, -0.2) is 9.13 Å². The van der Waals surface area contributed by atoms with E-state index in [1.807, 2.05) is 0 Å². The first-order valence-corrected chi connectivity index (χ1v) is 43.0. The van der Waals surface area contributed by atoms with Crippen LogP contribution in [0, 0.1) is 11.8 Å². The van der Waals surface area contributed by atoms with E-state index in [9.17, 15) is 43.2 Å². The highest BCUT2D eigenvalue weighted by atomic mass is 31.2. The van der Waals surface area contributed by atoms with Gasteiger partial charge in [-0.3, -0.25) is 37.3 Å². The van der Waals surface area contributed by atoms with Crippen LogP contribution in [0.1, 0.15) is 401 Å². The minimum atomic E-state index is -4.96. The van der Waals surface area contributed by atoms with Crippen molar-refractivity contribution in [2.75, 3.05) is 39.6 Å². The third-order valence-corrected chi connectivity index (χ3v) is 19.9. The molecule has 0 aliphatic heterocycles. The van der Waals surface area contributed by atoms with Gasteiger partial charge in [-0.15, -0.1) is 0 Å². The summed E-state index contributed by atoms with van der Waals surface area (Å²) in [4.78, 5) is 72.6. The molecule has 0 saturated heterocycles. The zero-order valence-corrected chi connectivity index (χ0v) is 64.5. The normalized spacial score (nSPS) is 14.0. The lowest BCUT2D eigenvalue weighted by atomic mass is 10.0. The molecule has 0 aromatic carbocycles. The Morgan fingerprint density at radius 1 is 0.281 bits per heavy atom. The molecule has 17 nitrogen and oxygen atoms in total. The molecule has 0 heterocycles. The maximum Gasteiger partial charge on any atom is 0.472 e. The Kier molecular flexibility index (Phi) is 67.4. The fourth-order valence-corrected chi connectivity index (χ4v) is 13.4. The Bertz CT molecular complexity index is 1860. The quantitative estimate of drug-likeness (QED) is 0.0222. The van der Waals surface area contributed by atoms with E-state index in [-0.39, 0.29) is 25.7 Å². The minimum absolute atomic E-state index is 0.104. The Morgan fingerprint density at radius 3 is 0.708 bits per heavy atom. The number of carbonyl (C=O) groups excluding carboxylic acids is 4. The number of rotatable bonds is 76. The van der Waals surface area contributed by atoms with Gasteiger partial charge in [-0.2, -0.15) is 0 Å². The van der Waals surface area contributed by atoms with E-state index < -0.39 is 97.5 Å². The molecule has 19 heteroatoms. The molecule has 3 N–H and O–H groups in total. The first-order valence-electron chi connectivity index (χ1n) is 40.0. The van der Waals surface area contributed by atoms with Gasteiger partial charge < -0.3 is 33.8 Å². The number of carbonyl (C=O) groups is 4. The molecule has 5 atom stereocenters. The number of ether oxygens (including phenoxy) is 4. The van der Waals surface area contributed by atoms with E-state index in [0.29, 0.717) is 25.7 Å². The van der Waals surface area contributed by atoms with Gasteiger partial charge in [0.25, 0.3) is 0 Å². The van der Waals surface area contributed by atoms with Crippen molar-refractivity contribution < 1.29 is 80.2 Å². The summed E-state index contributed by atoms with van der Waals surface area (Å²) in [5, 5.41) is 10.6. The van der Waals surface area contributed by atoms with Crippen molar-refractivity contribution >= 4 is 39.5 Å². The smallest absolute Gasteiger partial charge is 0.462 e. The molecule has 0 bridgehead atoms. The topological polar surface area (TPSA) is 237 Å². The van der Waals surface area contributed by atoms with Crippen molar-refractivity contribution in [1.82, 2.24) is 0 Å². The summed E-state index contributed by atoms with van der Waals surface area (Å²) in [5.41, 5.74) is 0. The van der Waals surface area contributed by atoms with E-state index in [0.717, 1.165) is 115 Å². The molecular formula is C77H150O17P2. The Balaban J connectivity index is 5.15. The van der Waals surface area contributed by atoms with Crippen molar-refractivity contribution in [2.45, 2.75) is 419 Å². The fourth-order valence-electron chi connectivity index (χ4n) is 11.8. The first-order chi connectivity index (χ1) is 46.4. The van der Waals surface area contributed by atoms with Gasteiger partial charge in [-0.1, -0.05) is 350 Å². The third-order valence-electron chi connectivity index (χ3n) is 18.0. The number of phosphoric acid groups is 2. The summed E-state index contributed by atoms with van der Waals surface area (Å²) in [6.07, 6.45) is 57.3. The Morgan fingerprint density at radius 2 is 0.479 bits per heavy atom. The molecule has 0 aliphatic carbocycles. The molecule has 0 rings (SSSR count). The third kappa shape index (κ3) is 70.5. The van der Waals surface area contributed by atoms with Crippen LogP contribution in [-0.2, 0) is 65.4 Å². The van der Waals surface area contributed by atoms with Crippen LogP contribution in [-0.4, -0.2) is 96.7 Å². The largest absolute Gasteiger partial charge is 0.472 e. The number of aliphatic hydroxyl groups excluding tert-OH is 1. The number of phosphoric ester groups is 2. The standard InChI is InChI=1S/C77H150O17P2/c1-7-9-11-13-15-16-17-18-19-20-21-22-23-24-25-26-29-33-36-43-49-55-61-76(81)93-73(66-88-75(80)60-54-48-42-35-32-30-27-28-31-34-40-45-51-57-69(3)4)68-92-96(85,86)90-64-71(78)63-89-95(83,84)91-67-72(65-87-74(79)59-53-47-39-14-12-10-8-2)94-77(82)62-56-50-44-38-37-41-46-52-58-70(5)6/h69-73,78H,7-68H2,1-6H3,(H,83,84)(H,85,86)/t71-,72+,73+/m0/s1. The Hall–Kier alpha value is -1.94. The lowest BCUT2D eigenvalue weighted by Gasteiger charge is -2.21. The van der Waals surface area contributed by atoms with E-state index in [2.05, 4.69) is 41.5 Å². The number of hydrogen-bond acceptors (Lipinski definition) is 15. The summed E-state index contributed by atoms with van der Waals surface area (Å²) in [7, 11) is -9.91. The number of aliphatic hydroxyl groups is 1. The van der Waals surface area contributed by atoms with Crippen LogP contribution < -0.4 is 0 Å². The Labute approximate surface area is 588 Å². The zero-order chi connectivity index (χ0) is 70.7. The van der Waals surface area contributed by atoms with Crippen molar-refractivity contribution in [3.8, 4) is 0 Å². The van der Waals surface area contributed by atoms with Crippen molar-refractivity contribution in [3.63, 3.8) is 0 Å². The molecule has 2 unspecified atom stereocenters. The number of hydrogen-bond donors (Lipinski definition) is 3. The monoisotopic (exact) mass is 1410 g/mol. The van der Waals surface area contributed by atoms with Crippen LogP contribution >= 0.6 is 15.6 Å². The molecule has 0 aromatic heterocycles. The maximum absolute atomic E-state index is 13.1. The lowest BCUT2D eigenvalue weighted by Crippen LogP contribution is -2.30. The van der Waals surface area contributed by atoms with Crippen molar-refractivity contribution in [3.05, 3.63) is 0 Å². The molecule has 96 heavy (non-hydrogen) atoms. The molecule has 0 spiro atoms. The van der Waals surface area contributed by atoms with Gasteiger partial charge >= 0.3 is 39.5 Å². The molecule has 0 amide bonds. The predicted octanol–water partition coefficient (Wildman–Crippen LogP) is 22.7. The second-order valence-electron chi connectivity index (χ2n) is 28.7. The van der Waals surface area contributed by atoms with Crippen molar-refractivity contribution in [2.24, 2.45) is 11.8 Å². The van der Waals surface area contributed by atoms with Crippen LogP contribution in [0.2, 0.25) is 0 Å². The van der Waals surface area contributed by atoms with Crippen LogP contribution in [0.3, 0.4) is 0 Å². The van der Waals surface area contributed by atoms with Crippen LogP contribution in [0.15, 0.2) is 0 Å². The van der Waals surface area contributed by atoms with Gasteiger partial charge in [0.1, 0.15) is 19.3 Å². The highest BCUT2D eigenvalue weighted by Crippen LogP contribution is 2.45. The predicted molar refractivity (Wildman–Crippen MR) is 391 cm³/mol. The molecular weight excluding hydrogens is 1260 g/mol. The van der Waals surface area contributed by atoms with Gasteiger partial charge in [0.15, 0.2) is 12.2 Å². The fraction of sp³-hybridized carbons (Fsp3) is 0.948. The zero-order valence-electron chi connectivity index (χ0n) is 62.7. The summed E-state index contributed by atoms with van der Waals surface area (Å²) in [6.45, 7) is 9.53. The summed E-state index contributed by atoms with van der Waals surface area (Å²) in [5.74, 6) is -0.613. The second kappa shape index (κ2) is 68.8. The van der Waals surface area contributed by atoms with Gasteiger partial charge in [0, 0.05) is 25.7 Å². The average Bonchev–Trinajstić information content (AvgIpc) is 1.12. The van der Waals surface area contributed by atoms with Gasteiger partial charge in [0.2, 0.25) is 0 Å². The van der Waals surface area contributed by atoms with Gasteiger partial charge in [-0.05, 0) is 37.5 Å². The van der Waals surface area contributed by atoms with Gasteiger partial charge in [0.05, 0.1) is 26.4 Å². The van der Waals surface area contributed by atoms with E-state index in [4.69, 9.17) is 37.0 Å². The molecule has 0 aromatic rings. The second-order valence-corrected chi connectivity index (χ2v) is 31.6. The van der Waals surface area contributed by atoms with Crippen molar-refractivity contribution in [1.29, 1.82) is 0 Å². The molecule has 570 valence electrons. The molecule has 0 aliphatic rings. The number of esters is 4. The minimum Gasteiger partial charge on any atom is -0.462 e. The SMILES string of the molecule is CCCCCCCCCCCCCCCCCCCCCCCCC(=O)O[C@H](COC(=O)CCCCCCCCCCCCCCCC(C)C)COP(=O)(O)OC[C@@H](O)COP(=O)(O)OC[C@@H](COC(=O)CCCCCCCCC)OC(=O)CCCCCCCCCCC(C)C.